The number of rotatable bonds is 6. The first-order chi connectivity index (χ1) is 16.2. The zero-order chi connectivity index (χ0) is 24.9. The molecule has 10 heteroatoms. The van der Waals surface area contributed by atoms with Crippen LogP contribution in [0.5, 0.6) is 0 Å². The van der Waals surface area contributed by atoms with Crippen molar-refractivity contribution in [2.45, 2.75) is 95.2 Å². The quantitative estimate of drug-likeness (QED) is 0.551. The van der Waals surface area contributed by atoms with Gasteiger partial charge in [0.25, 0.3) is 12.4 Å². The van der Waals surface area contributed by atoms with Crippen LogP contribution in [0.1, 0.15) is 58.8 Å². The van der Waals surface area contributed by atoms with Crippen molar-refractivity contribution in [3.05, 3.63) is 0 Å². The van der Waals surface area contributed by atoms with Gasteiger partial charge in [-0.3, -0.25) is 9.59 Å². The van der Waals surface area contributed by atoms with E-state index in [1.807, 2.05) is 0 Å². The molecular weight excluding hydrogens is 452 g/mol. The molecule has 0 radical (unpaired) electrons. The molecule has 1 aliphatic heterocycles. The Morgan fingerprint density at radius 3 is 2.50 bits per heavy atom. The highest BCUT2D eigenvalue weighted by molar-refractivity contribution is 5.83. The highest BCUT2D eigenvalue weighted by Gasteiger charge is 2.49. The third-order valence-corrected chi connectivity index (χ3v) is 7.99. The normalized spacial score (nSPS) is 39.6. The summed E-state index contributed by atoms with van der Waals surface area (Å²) in [5.74, 6) is -4.16. The number of ether oxygens (including phenoxy) is 4. The van der Waals surface area contributed by atoms with E-state index in [0.29, 0.717) is 32.2 Å². The number of alkyl halides is 2. The van der Waals surface area contributed by atoms with Gasteiger partial charge >= 0.3 is 5.92 Å². The number of aliphatic hydroxyl groups is 1. The molecular formula is C24H39F2NO7. The molecule has 4 rings (SSSR count). The summed E-state index contributed by atoms with van der Waals surface area (Å²) in [4.78, 5) is 22.3. The van der Waals surface area contributed by atoms with Crippen LogP contribution in [-0.2, 0) is 28.5 Å². The molecule has 1 saturated heterocycles. The molecule has 0 aromatic rings. The molecule has 0 bridgehead atoms. The van der Waals surface area contributed by atoms with Crippen LogP contribution >= 0.6 is 0 Å². The minimum absolute atomic E-state index is 0.0215. The van der Waals surface area contributed by atoms with Crippen molar-refractivity contribution in [1.82, 2.24) is 5.32 Å². The van der Waals surface area contributed by atoms with Crippen LogP contribution in [0.4, 0.5) is 8.78 Å². The Balaban J connectivity index is 0.000000271. The van der Waals surface area contributed by atoms with Gasteiger partial charge < -0.3 is 29.4 Å². The maximum atomic E-state index is 13.3. The summed E-state index contributed by atoms with van der Waals surface area (Å²) in [5, 5.41) is 12.0. The van der Waals surface area contributed by atoms with Gasteiger partial charge in [-0.1, -0.05) is 13.3 Å². The second-order valence-electron chi connectivity index (χ2n) is 10.3. The third kappa shape index (κ3) is 6.65. The average Bonchev–Trinajstić information content (AvgIpc) is 3.26. The first-order valence-corrected chi connectivity index (χ1v) is 12.3. The molecule has 0 spiro atoms. The summed E-state index contributed by atoms with van der Waals surface area (Å²) in [6.45, 7) is 3.40. The van der Waals surface area contributed by atoms with Crippen molar-refractivity contribution in [3.8, 4) is 0 Å². The number of carbonyl (C=O) groups is 2. The topological polar surface area (TPSA) is 103 Å². The van der Waals surface area contributed by atoms with Crippen LogP contribution in [0, 0.1) is 23.7 Å². The summed E-state index contributed by atoms with van der Waals surface area (Å²) in [6, 6.07) is -0.452. The van der Waals surface area contributed by atoms with Crippen molar-refractivity contribution in [2.75, 3.05) is 20.5 Å². The molecule has 1 amide bonds. The number of amides is 1. The second-order valence-corrected chi connectivity index (χ2v) is 10.3. The lowest BCUT2D eigenvalue weighted by atomic mass is 9.63. The average molecular weight is 492 g/mol. The minimum Gasteiger partial charge on any atom is -0.468 e. The molecule has 8 nitrogen and oxygen atoms in total. The maximum Gasteiger partial charge on any atom is 0.321 e. The molecule has 196 valence electrons. The van der Waals surface area contributed by atoms with Gasteiger partial charge in [0.1, 0.15) is 6.79 Å². The van der Waals surface area contributed by atoms with Crippen molar-refractivity contribution < 1.29 is 42.4 Å². The molecule has 1 heterocycles. The van der Waals surface area contributed by atoms with Gasteiger partial charge in [0.2, 0.25) is 0 Å². The predicted molar refractivity (Wildman–Crippen MR) is 118 cm³/mol. The Morgan fingerprint density at radius 2 is 1.88 bits per heavy atom. The molecule has 0 aromatic carbocycles. The highest BCUT2D eigenvalue weighted by atomic mass is 19.3. The van der Waals surface area contributed by atoms with E-state index in [4.69, 9.17) is 18.9 Å². The maximum absolute atomic E-state index is 13.3. The minimum atomic E-state index is -3.44. The van der Waals surface area contributed by atoms with E-state index in [2.05, 4.69) is 12.2 Å². The Hall–Kier alpha value is -1.36. The summed E-state index contributed by atoms with van der Waals surface area (Å²) in [5.41, 5.74) is 0. The molecule has 34 heavy (non-hydrogen) atoms. The zero-order valence-corrected chi connectivity index (χ0v) is 20.3. The third-order valence-electron chi connectivity index (χ3n) is 7.99. The van der Waals surface area contributed by atoms with Crippen LogP contribution < -0.4 is 5.32 Å². The lowest BCUT2D eigenvalue weighted by Crippen LogP contribution is -2.57. The first-order valence-electron chi connectivity index (χ1n) is 12.3. The van der Waals surface area contributed by atoms with Crippen LogP contribution in [0.3, 0.4) is 0 Å². The van der Waals surface area contributed by atoms with Crippen LogP contribution in [0.2, 0.25) is 0 Å². The van der Waals surface area contributed by atoms with Gasteiger partial charge in [0, 0.05) is 26.0 Å². The summed E-state index contributed by atoms with van der Waals surface area (Å²) < 4.78 is 47.8. The van der Waals surface area contributed by atoms with E-state index in [1.165, 1.54) is 6.42 Å². The standard InChI is InChI=1S/C16H23F2NO5.C8H16O2/c1-16(17,18)15(21)19-14-10(6-22-7-20)3-2-9-4-12-13(5-11(9)14)24-8-23-12;1-6-4-3-5-7(10-2)8(6)9/h7,9-14H,2-6,8H2,1H3,(H,19,21);6-9H,3-5H2,1-2H3/t9?,10-,11?,12?,13?,14+;/m1./s1. The van der Waals surface area contributed by atoms with E-state index in [-0.39, 0.29) is 55.6 Å². The van der Waals surface area contributed by atoms with Gasteiger partial charge in [-0.2, -0.15) is 8.78 Å². The summed E-state index contributed by atoms with van der Waals surface area (Å²) in [7, 11) is 1.67. The Kier molecular flexibility index (Phi) is 9.65. The number of nitrogens with one attached hydrogen (secondary N) is 1. The van der Waals surface area contributed by atoms with E-state index < -0.39 is 17.9 Å². The van der Waals surface area contributed by atoms with Gasteiger partial charge in [-0.15, -0.1) is 0 Å². The summed E-state index contributed by atoms with van der Waals surface area (Å²) >= 11 is 0. The van der Waals surface area contributed by atoms with Crippen molar-refractivity contribution in [1.29, 1.82) is 0 Å². The zero-order valence-electron chi connectivity index (χ0n) is 20.3. The van der Waals surface area contributed by atoms with Crippen molar-refractivity contribution in [3.63, 3.8) is 0 Å². The van der Waals surface area contributed by atoms with E-state index in [9.17, 15) is 23.5 Å². The summed E-state index contributed by atoms with van der Waals surface area (Å²) in [6.07, 6.45) is 6.28. The predicted octanol–water partition coefficient (Wildman–Crippen LogP) is 2.66. The number of fused-ring (bicyclic) bond motifs is 2. The highest BCUT2D eigenvalue weighted by Crippen LogP contribution is 2.46. The smallest absolute Gasteiger partial charge is 0.321 e. The fourth-order valence-electron chi connectivity index (χ4n) is 5.99. The van der Waals surface area contributed by atoms with E-state index in [0.717, 1.165) is 25.7 Å². The lowest BCUT2D eigenvalue weighted by Gasteiger charge is -2.47. The Morgan fingerprint density at radius 1 is 1.18 bits per heavy atom. The molecule has 4 fully saturated rings. The Bertz CT molecular complexity index is 676. The van der Waals surface area contributed by atoms with Crippen LogP contribution in [0.25, 0.3) is 0 Å². The number of carbonyl (C=O) groups excluding carboxylic acids is 2. The molecule has 2 N–H and O–H groups in total. The second kappa shape index (κ2) is 12.1. The lowest BCUT2D eigenvalue weighted by molar-refractivity contribution is -0.146. The molecule has 0 aromatic heterocycles. The molecule has 9 atom stereocenters. The van der Waals surface area contributed by atoms with Crippen LogP contribution in [0.15, 0.2) is 0 Å². The van der Waals surface area contributed by atoms with Gasteiger partial charge in [0.05, 0.1) is 31.0 Å². The number of hydrogen-bond acceptors (Lipinski definition) is 7. The van der Waals surface area contributed by atoms with Gasteiger partial charge in [0.15, 0.2) is 0 Å². The first kappa shape index (κ1) is 27.2. The molecule has 7 unspecified atom stereocenters. The van der Waals surface area contributed by atoms with Crippen molar-refractivity contribution in [2.24, 2.45) is 23.7 Å². The van der Waals surface area contributed by atoms with Gasteiger partial charge in [-0.25, -0.2) is 0 Å². The number of hydrogen-bond donors (Lipinski definition) is 2. The number of aliphatic hydroxyl groups excluding tert-OH is 1. The monoisotopic (exact) mass is 491 g/mol. The van der Waals surface area contributed by atoms with E-state index >= 15 is 0 Å². The number of halogens is 2. The molecule has 3 saturated carbocycles. The fourth-order valence-corrected chi connectivity index (χ4v) is 5.99. The van der Waals surface area contributed by atoms with Crippen molar-refractivity contribution >= 4 is 12.4 Å². The number of methoxy groups -OCH3 is 1. The van der Waals surface area contributed by atoms with E-state index in [1.54, 1.807) is 7.11 Å². The Labute approximate surface area is 200 Å². The fraction of sp³-hybridized carbons (Fsp3) is 0.917. The van der Waals surface area contributed by atoms with Crippen LogP contribution in [-0.4, -0.2) is 74.4 Å². The van der Waals surface area contributed by atoms with Gasteiger partial charge in [-0.05, 0) is 56.3 Å². The molecule has 3 aliphatic carbocycles. The SMILES string of the molecule is CC(F)(F)C(=O)N[C@@H]1C2CC3OCOC3CC2CC[C@@H]1COC=O.COC1CCCC(C)C1O. The largest absolute Gasteiger partial charge is 0.468 e. The molecule has 4 aliphatic rings.